The molecule has 0 radical (unpaired) electrons. The van der Waals surface area contributed by atoms with E-state index in [2.05, 4.69) is 62.8 Å². The SMILES string of the molecule is Cc1ccc(-c2cc(C)c(-c3nc(Nc4cc5c(cc4C)C(=O)NC5C)n[nH]3)cc2C)cn1. The van der Waals surface area contributed by atoms with Crippen LogP contribution >= 0.6 is 0 Å². The molecule has 0 fully saturated rings. The molecule has 33 heavy (non-hydrogen) atoms. The number of benzene rings is 2. The van der Waals surface area contributed by atoms with E-state index < -0.39 is 0 Å². The maximum Gasteiger partial charge on any atom is 0.252 e. The fourth-order valence-corrected chi connectivity index (χ4v) is 4.33. The Labute approximate surface area is 192 Å². The highest BCUT2D eigenvalue weighted by Gasteiger charge is 2.26. The number of aryl methyl sites for hydroxylation is 4. The minimum absolute atomic E-state index is 0.00998. The Kier molecular flexibility index (Phi) is 4.96. The Morgan fingerprint density at radius 1 is 0.909 bits per heavy atom. The van der Waals surface area contributed by atoms with Crippen molar-refractivity contribution in [3.05, 3.63) is 76.1 Å². The van der Waals surface area contributed by atoms with Gasteiger partial charge in [-0.15, -0.1) is 5.10 Å². The third-order valence-electron chi connectivity index (χ3n) is 6.24. The number of aromatic nitrogens is 4. The third-order valence-corrected chi connectivity index (χ3v) is 6.24. The van der Waals surface area contributed by atoms with Crippen LogP contribution in [-0.2, 0) is 0 Å². The Bertz CT molecular complexity index is 1390. The Morgan fingerprint density at radius 2 is 1.64 bits per heavy atom. The van der Waals surface area contributed by atoms with Gasteiger partial charge in [-0.3, -0.25) is 14.9 Å². The molecule has 7 nitrogen and oxygen atoms in total. The van der Waals surface area contributed by atoms with Gasteiger partial charge in [-0.05, 0) is 86.7 Å². The van der Waals surface area contributed by atoms with Crippen molar-refractivity contribution < 1.29 is 4.79 Å². The van der Waals surface area contributed by atoms with E-state index in [9.17, 15) is 4.79 Å². The van der Waals surface area contributed by atoms with Crippen molar-refractivity contribution >= 4 is 17.5 Å². The molecule has 3 N–H and O–H groups in total. The fraction of sp³-hybridized carbons (Fsp3) is 0.231. The lowest BCUT2D eigenvalue weighted by atomic mass is 9.95. The second kappa shape index (κ2) is 7.85. The van der Waals surface area contributed by atoms with Crippen LogP contribution < -0.4 is 10.6 Å². The van der Waals surface area contributed by atoms with Gasteiger partial charge >= 0.3 is 0 Å². The lowest BCUT2D eigenvalue weighted by Gasteiger charge is -2.11. The van der Waals surface area contributed by atoms with Gasteiger partial charge in [0.15, 0.2) is 5.82 Å². The summed E-state index contributed by atoms with van der Waals surface area (Å²) in [5.74, 6) is 1.17. The molecule has 1 amide bonds. The molecular formula is C26H26N6O. The molecule has 0 bridgehead atoms. The molecule has 166 valence electrons. The average Bonchev–Trinajstić information content (AvgIpc) is 3.35. The van der Waals surface area contributed by atoms with E-state index in [4.69, 9.17) is 0 Å². The number of anilines is 2. The number of H-pyrrole nitrogens is 1. The number of nitrogens with zero attached hydrogens (tertiary/aromatic N) is 3. The number of fused-ring (bicyclic) bond motifs is 1. The highest BCUT2D eigenvalue weighted by atomic mass is 16.2. The van der Waals surface area contributed by atoms with Crippen molar-refractivity contribution in [2.75, 3.05) is 5.32 Å². The molecule has 2 aromatic carbocycles. The molecule has 7 heteroatoms. The van der Waals surface area contributed by atoms with Crippen LogP contribution in [0.2, 0.25) is 0 Å². The summed E-state index contributed by atoms with van der Waals surface area (Å²) in [7, 11) is 0. The van der Waals surface area contributed by atoms with Gasteiger partial charge in [-0.2, -0.15) is 4.98 Å². The van der Waals surface area contributed by atoms with E-state index >= 15 is 0 Å². The summed E-state index contributed by atoms with van der Waals surface area (Å²) in [5, 5.41) is 13.7. The van der Waals surface area contributed by atoms with Crippen LogP contribution in [0.25, 0.3) is 22.5 Å². The molecule has 4 aromatic rings. The van der Waals surface area contributed by atoms with Crippen LogP contribution in [-0.4, -0.2) is 26.1 Å². The molecule has 0 saturated heterocycles. The standard InChI is InChI=1S/C26H26N6O/c1-13-9-20(14(2)8-19(13)18-7-6-16(4)27-12-18)24-30-26(32-31-24)29-23-11-21-17(5)28-25(33)22(21)10-15(23)3/h6-12,17H,1-5H3,(H,28,33)(H2,29,30,31,32). The van der Waals surface area contributed by atoms with Crippen LogP contribution in [0.4, 0.5) is 11.6 Å². The first-order chi connectivity index (χ1) is 15.8. The van der Waals surface area contributed by atoms with E-state index in [1.54, 1.807) is 0 Å². The first kappa shape index (κ1) is 20.9. The molecule has 2 aromatic heterocycles. The zero-order chi connectivity index (χ0) is 23.3. The number of amides is 1. The number of rotatable bonds is 4. The maximum atomic E-state index is 12.1. The van der Waals surface area contributed by atoms with E-state index in [0.29, 0.717) is 11.8 Å². The third kappa shape index (κ3) is 3.75. The molecule has 3 heterocycles. The molecule has 1 aliphatic heterocycles. The fourth-order valence-electron chi connectivity index (χ4n) is 4.33. The topological polar surface area (TPSA) is 95.6 Å². The van der Waals surface area contributed by atoms with Gasteiger partial charge in [0.2, 0.25) is 5.95 Å². The number of pyridine rings is 1. The van der Waals surface area contributed by atoms with Gasteiger partial charge in [-0.1, -0.05) is 12.1 Å². The van der Waals surface area contributed by atoms with Gasteiger partial charge < -0.3 is 10.6 Å². The number of nitrogens with one attached hydrogen (secondary N) is 3. The molecule has 0 saturated carbocycles. The minimum atomic E-state index is -0.0250. The average molecular weight is 439 g/mol. The number of carbonyl (C=O) groups is 1. The van der Waals surface area contributed by atoms with Crippen molar-refractivity contribution in [1.82, 2.24) is 25.5 Å². The van der Waals surface area contributed by atoms with E-state index in [1.165, 1.54) is 0 Å². The number of hydrogen-bond acceptors (Lipinski definition) is 5. The number of aromatic amines is 1. The predicted octanol–water partition coefficient (Wildman–Crippen LogP) is 5.32. The highest BCUT2D eigenvalue weighted by molar-refractivity contribution is 6.00. The Morgan fingerprint density at radius 3 is 2.39 bits per heavy atom. The van der Waals surface area contributed by atoms with E-state index in [-0.39, 0.29) is 11.9 Å². The number of carbonyl (C=O) groups excluding carboxylic acids is 1. The second-order valence-corrected chi connectivity index (χ2v) is 8.75. The molecule has 1 aliphatic rings. The van der Waals surface area contributed by atoms with Crippen molar-refractivity contribution in [1.29, 1.82) is 0 Å². The van der Waals surface area contributed by atoms with Crippen molar-refractivity contribution in [2.24, 2.45) is 0 Å². The quantitative estimate of drug-likeness (QED) is 0.401. The molecule has 0 aliphatic carbocycles. The van der Waals surface area contributed by atoms with Gasteiger partial charge in [-0.25, -0.2) is 0 Å². The van der Waals surface area contributed by atoms with Gasteiger partial charge in [0.05, 0.1) is 6.04 Å². The summed E-state index contributed by atoms with van der Waals surface area (Å²) in [6, 6.07) is 12.3. The number of hydrogen-bond donors (Lipinski definition) is 3. The summed E-state index contributed by atoms with van der Waals surface area (Å²) in [5.41, 5.74) is 10.1. The van der Waals surface area contributed by atoms with Crippen LogP contribution in [0.15, 0.2) is 42.6 Å². The molecule has 1 atom stereocenters. The second-order valence-electron chi connectivity index (χ2n) is 8.75. The van der Waals surface area contributed by atoms with Crippen LogP contribution in [0, 0.1) is 27.7 Å². The normalized spacial score (nSPS) is 14.8. The summed E-state index contributed by atoms with van der Waals surface area (Å²) in [6.45, 7) is 10.1. The summed E-state index contributed by atoms with van der Waals surface area (Å²) < 4.78 is 0. The lowest BCUT2D eigenvalue weighted by Crippen LogP contribution is -2.16. The van der Waals surface area contributed by atoms with E-state index in [0.717, 1.165) is 55.9 Å². The molecular weight excluding hydrogens is 412 g/mol. The summed E-state index contributed by atoms with van der Waals surface area (Å²) in [4.78, 5) is 21.2. The Balaban J connectivity index is 1.44. The van der Waals surface area contributed by atoms with Gasteiger partial charge in [0.25, 0.3) is 5.91 Å². The molecule has 5 rings (SSSR count). The first-order valence-corrected chi connectivity index (χ1v) is 11.0. The highest BCUT2D eigenvalue weighted by Crippen LogP contribution is 2.33. The summed E-state index contributed by atoms with van der Waals surface area (Å²) >= 11 is 0. The van der Waals surface area contributed by atoms with Crippen LogP contribution in [0.3, 0.4) is 0 Å². The van der Waals surface area contributed by atoms with Crippen LogP contribution in [0.1, 0.15) is 51.3 Å². The molecule has 0 spiro atoms. The zero-order valence-corrected chi connectivity index (χ0v) is 19.4. The smallest absolute Gasteiger partial charge is 0.252 e. The predicted molar refractivity (Wildman–Crippen MR) is 130 cm³/mol. The van der Waals surface area contributed by atoms with Crippen molar-refractivity contribution in [3.63, 3.8) is 0 Å². The van der Waals surface area contributed by atoms with Gasteiger partial charge in [0.1, 0.15) is 0 Å². The minimum Gasteiger partial charge on any atom is -0.345 e. The molecule has 1 unspecified atom stereocenters. The Hall–Kier alpha value is -4.00. The van der Waals surface area contributed by atoms with Gasteiger partial charge in [0, 0.05) is 34.3 Å². The largest absolute Gasteiger partial charge is 0.345 e. The van der Waals surface area contributed by atoms with Crippen molar-refractivity contribution in [3.8, 4) is 22.5 Å². The summed E-state index contributed by atoms with van der Waals surface area (Å²) in [6.07, 6.45) is 1.91. The monoisotopic (exact) mass is 438 g/mol. The lowest BCUT2D eigenvalue weighted by molar-refractivity contribution is 0.0958. The van der Waals surface area contributed by atoms with E-state index in [1.807, 2.05) is 45.2 Å². The first-order valence-electron chi connectivity index (χ1n) is 11.0. The maximum absolute atomic E-state index is 12.1. The van der Waals surface area contributed by atoms with Crippen LogP contribution in [0.5, 0.6) is 0 Å². The van der Waals surface area contributed by atoms with Crippen molar-refractivity contribution in [2.45, 2.75) is 40.7 Å². The zero-order valence-electron chi connectivity index (χ0n) is 19.4.